The maximum absolute atomic E-state index is 12.1. The van der Waals surface area contributed by atoms with Gasteiger partial charge in [-0.25, -0.2) is 4.68 Å². The highest BCUT2D eigenvalue weighted by Crippen LogP contribution is 2.17. The maximum Gasteiger partial charge on any atom is 0.235 e. The number of rotatable bonds is 8. The van der Waals surface area contributed by atoms with Crippen LogP contribution in [0.2, 0.25) is 0 Å². The van der Waals surface area contributed by atoms with Crippen LogP contribution in [0.3, 0.4) is 0 Å². The quantitative estimate of drug-likeness (QED) is 0.589. The molecule has 29 heavy (non-hydrogen) atoms. The number of para-hydroxylation sites is 1. The van der Waals surface area contributed by atoms with Crippen LogP contribution in [-0.2, 0) is 16.1 Å². The molecule has 2 amide bonds. The monoisotopic (exact) mass is 413 g/mol. The van der Waals surface area contributed by atoms with Gasteiger partial charge in [-0.05, 0) is 32.9 Å². The Morgan fingerprint density at radius 2 is 1.83 bits per heavy atom. The molecule has 8 nitrogen and oxygen atoms in total. The van der Waals surface area contributed by atoms with E-state index in [1.165, 1.54) is 11.8 Å². The summed E-state index contributed by atoms with van der Waals surface area (Å²) in [6, 6.07) is 11.5. The fourth-order valence-electron chi connectivity index (χ4n) is 2.83. The van der Waals surface area contributed by atoms with Crippen LogP contribution in [0.25, 0.3) is 5.69 Å². The highest BCUT2D eigenvalue weighted by atomic mass is 32.2. The first kappa shape index (κ1) is 20.7. The molecule has 3 rings (SSSR count). The minimum absolute atomic E-state index is 0.133. The second-order valence-corrected chi connectivity index (χ2v) is 7.52. The summed E-state index contributed by atoms with van der Waals surface area (Å²) in [6.07, 6.45) is 0. The Labute approximate surface area is 173 Å². The molecule has 2 aromatic heterocycles. The molecule has 2 heterocycles. The molecule has 1 aromatic carbocycles. The van der Waals surface area contributed by atoms with Crippen LogP contribution in [0.4, 0.5) is 5.82 Å². The van der Waals surface area contributed by atoms with E-state index in [9.17, 15) is 9.59 Å². The Kier molecular flexibility index (Phi) is 6.71. The molecular weight excluding hydrogens is 390 g/mol. The van der Waals surface area contributed by atoms with Crippen molar-refractivity contribution in [2.24, 2.45) is 0 Å². The Bertz CT molecular complexity index is 997. The number of hydrogen-bond donors (Lipinski definition) is 2. The van der Waals surface area contributed by atoms with Gasteiger partial charge in [-0.1, -0.05) is 23.4 Å². The van der Waals surface area contributed by atoms with Gasteiger partial charge >= 0.3 is 0 Å². The van der Waals surface area contributed by atoms with E-state index >= 15 is 0 Å². The van der Waals surface area contributed by atoms with Crippen molar-refractivity contribution in [2.45, 2.75) is 27.3 Å². The number of anilines is 1. The summed E-state index contributed by atoms with van der Waals surface area (Å²) in [7, 11) is 0. The molecule has 2 N–H and O–H groups in total. The van der Waals surface area contributed by atoms with Gasteiger partial charge in [0.2, 0.25) is 11.8 Å². The van der Waals surface area contributed by atoms with E-state index in [-0.39, 0.29) is 23.3 Å². The molecule has 9 heteroatoms. The third kappa shape index (κ3) is 5.47. The summed E-state index contributed by atoms with van der Waals surface area (Å²) in [5, 5.41) is 13.8. The predicted octanol–water partition coefficient (Wildman–Crippen LogP) is 2.77. The molecular formula is C20H23N5O3S. The lowest BCUT2D eigenvalue weighted by Crippen LogP contribution is -2.26. The molecule has 0 unspecified atom stereocenters. The normalized spacial score (nSPS) is 10.7. The fourth-order valence-corrected chi connectivity index (χ4v) is 3.48. The van der Waals surface area contributed by atoms with E-state index in [0.717, 1.165) is 22.6 Å². The van der Waals surface area contributed by atoms with Crippen molar-refractivity contribution in [3.05, 3.63) is 59.1 Å². The van der Waals surface area contributed by atoms with Gasteiger partial charge in [0, 0.05) is 23.9 Å². The van der Waals surface area contributed by atoms with Gasteiger partial charge < -0.3 is 15.2 Å². The van der Waals surface area contributed by atoms with E-state index in [1.54, 1.807) is 13.0 Å². The lowest BCUT2D eigenvalue weighted by Gasteiger charge is -2.07. The Hall–Kier alpha value is -3.07. The van der Waals surface area contributed by atoms with Crippen molar-refractivity contribution < 1.29 is 14.1 Å². The van der Waals surface area contributed by atoms with Crippen molar-refractivity contribution in [1.82, 2.24) is 20.3 Å². The first-order chi connectivity index (χ1) is 13.9. The van der Waals surface area contributed by atoms with E-state index in [1.807, 2.05) is 48.9 Å². The van der Waals surface area contributed by atoms with Crippen LogP contribution in [-0.4, -0.2) is 38.3 Å². The number of aryl methyl sites for hydroxylation is 2. The predicted molar refractivity (Wildman–Crippen MR) is 112 cm³/mol. The molecule has 0 aliphatic carbocycles. The lowest BCUT2D eigenvalue weighted by molar-refractivity contribution is -0.118. The molecule has 0 fully saturated rings. The number of thioether (sulfide) groups is 1. The zero-order chi connectivity index (χ0) is 20.8. The van der Waals surface area contributed by atoms with Crippen molar-refractivity contribution in [3.63, 3.8) is 0 Å². The van der Waals surface area contributed by atoms with E-state index in [4.69, 9.17) is 4.52 Å². The highest BCUT2D eigenvalue weighted by molar-refractivity contribution is 8.00. The molecule has 0 aliphatic rings. The molecule has 152 valence electrons. The summed E-state index contributed by atoms with van der Waals surface area (Å²) in [5.41, 5.74) is 3.84. The Balaban J connectivity index is 1.46. The molecule has 0 saturated carbocycles. The highest BCUT2D eigenvalue weighted by Gasteiger charge is 2.14. The van der Waals surface area contributed by atoms with Crippen LogP contribution in [0.15, 0.2) is 40.9 Å². The smallest absolute Gasteiger partial charge is 0.235 e. The molecule has 0 bridgehead atoms. The van der Waals surface area contributed by atoms with Crippen LogP contribution in [0.5, 0.6) is 0 Å². The summed E-state index contributed by atoms with van der Waals surface area (Å²) in [5.74, 6) is 0.977. The largest absolute Gasteiger partial charge is 0.360 e. The Morgan fingerprint density at radius 3 is 2.52 bits per heavy atom. The van der Waals surface area contributed by atoms with Gasteiger partial charge in [-0.3, -0.25) is 9.59 Å². The first-order valence-corrected chi connectivity index (χ1v) is 10.3. The number of hydrogen-bond acceptors (Lipinski definition) is 6. The summed E-state index contributed by atoms with van der Waals surface area (Å²) < 4.78 is 6.77. The number of amides is 2. The molecule has 0 radical (unpaired) electrons. The average Bonchev–Trinajstić information content (AvgIpc) is 3.23. The van der Waals surface area contributed by atoms with Gasteiger partial charge in [0.15, 0.2) is 5.82 Å². The summed E-state index contributed by atoms with van der Waals surface area (Å²) >= 11 is 1.24. The second kappa shape index (κ2) is 9.42. The molecule has 0 aliphatic heterocycles. The third-order valence-electron chi connectivity index (χ3n) is 4.27. The fraction of sp³-hybridized carbons (Fsp3) is 0.300. The maximum atomic E-state index is 12.1. The molecule has 0 spiro atoms. The standard InChI is InChI=1S/C20H23N5O3S/c1-13-9-18(24-28-13)22-20(27)12-29-11-19(26)21-10-17-14(2)23-25(15(17)3)16-7-5-4-6-8-16/h4-9H,10-12H2,1-3H3,(H,21,26)(H,22,24,27). The second-order valence-electron chi connectivity index (χ2n) is 6.54. The van der Waals surface area contributed by atoms with Gasteiger partial charge in [0.1, 0.15) is 5.76 Å². The van der Waals surface area contributed by atoms with Crippen LogP contribution in [0, 0.1) is 20.8 Å². The van der Waals surface area contributed by atoms with Gasteiger partial charge in [-0.15, -0.1) is 11.8 Å². The van der Waals surface area contributed by atoms with Crippen LogP contribution >= 0.6 is 11.8 Å². The number of benzene rings is 1. The zero-order valence-electron chi connectivity index (χ0n) is 16.6. The van der Waals surface area contributed by atoms with Crippen LogP contribution < -0.4 is 10.6 Å². The number of aromatic nitrogens is 3. The number of nitrogens with zero attached hydrogens (tertiary/aromatic N) is 3. The number of nitrogens with one attached hydrogen (secondary N) is 2. The molecule has 0 saturated heterocycles. The van der Waals surface area contributed by atoms with Crippen LogP contribution in [0.1, 0.15) is 22.7 Å². The number of carbonyl (C=O) groups excluding carboxylic acids is 2. The van der Waals surface area contributed by atoms with Gasteiger partial charge in [0.05, 0.1) is 22.9 Å². The van der Waals surface area contributed by atoms with E-state index < -0.39 is 0 Å². The van der Waals surface area contributed by atoms with E-state index in [2.05, 4.69) is 20.9 Å². The molecule has 0 atom stereocenters. The van der Waals surface area contributed by atoms with Gasteiger partial charge in [0.25, 0.3) is 0 Å². The van der Waals surface area contributed by atoms with Crippen molar-refractivity contribution in [3.8, 4) is 5.69 Å². The van der Waals surface area contributed by atoms with Crippen molar-refractivity contribution in [2.75, 3.05) is 16.8 Å². The minimum atomic E-state index is -0.230. The first-order valence-electron chi connectivity index (χ1n) is 9.12. The topological polar surface area (TPSA) is 102 Å². The van der Waals surface area contributed by atoms with Crippen molar-refractivity contribution in [1.29, 1.82) is 0 Å². The van der Waals surface area contributed by atoms with Gasteiger partial charge in [-0.2, -0.15) is 5.10 Å². The van der Waals surface area contributed by atoms with Crippen molar-refractivity contribution >= 4 is 29.4 Å². The molecule has 3 aromatic rings. The summed E-state index contributed by atoms with van der Waals surface area (Å²) in [6.45, 7) is 6.06. The minimum Gasteiger partial charge on any atom is -0.360 e. The SMILES string of the molecule is Cc1cc(NC(=O)CSCC(=O)NCc2c(C)nn(-c3ccccc3)c2C)no1. The Morgan fingerprint density at radius 1 is 1.10 bits per heavy atom. The van der Waals surface area contributed by atoms with E-state index in [0.29, 0.717) is 18.1 Å². The zero-order valence-corrected chi connectivity index (χ0v) is 17.4. The third-order valence-corrected chi connectivity index (χ3v) is 5.20. The lowest BCUT2D eigenvalue weighted by atomic mass is 10.2. The average molecular weight is 414 g/mol. The summed E-state index contributed by atoms with van der Waals surface area (Å²) in [4.78, 5) is 24.0. The number of carbonyl (C=O) groups is 2.